The van der Waals surface area contributed by atoms with Gasteiger partial charge in [0.15, 0.2) is 0 Å². The van der Waals surface area contributed by atoms with Crippen molar-refractivity contribution >= 4 is 23.2 Å². The number of hydrogen-bond donors (Lipinski definition) is 2. The Morgan fingerprint density at radius 1 is 1.60 bits per heavy atom. The fourth-order valence-corrected chi connectivity index (χ4v) is 2.55. The highest BCUT2D eigenvalue weighted by Crippen LogP contribution is 2.19. The SMILES string of the molecule is CN(CC(=O)Nc1ccc(F)c(Cl)c1)CC1CCCN1. The van der Waals surface area contributed by atoms with Crippen molar-refractivity contribution < 1.29 is 9.18 Å². The molecule has 2 N–H and O–H groups in total. The number of carbonyl (C=O) groups is 1. The predicted octanol–water partition coefficient (Wildman–Crippen LogP) is 2.10. The number of nitrogens with one attached hydrogen (secondary N) is 2. The molecule has 6 heteroatoms. The Hall–Kier alpha value is -1.17. The van der Waals surface area contributed by atoms with Gasteiger partial charge in [-0.3, -0.25) is 9.69 Å². The lowest BCUT2D eigenvalue weighted by Crippen LogP contribution is -2.39. The predicted molar refractivity (Wildman–Crippen MR) is 78.6 cm³/mol. The summed E-state index contributed by atoms with van der Waals surface area (Å²) in [7, 11) is 1.91. The number of amides is 1. The van der Waals surface area contributed by atoms with Crippen molar-refractivity contribution in [3.05, 3.63) is 29.0 Å². The first-order valence-corrected chi connectivity index (χ1v) is 7.09. The van der Waals surface area contributed by atoms with Gasteiger partial charge in [0.2, 0.25) is 5.91 Å². The number of nitrogens with zero attached hydrogens (tertiary/aromatic N) is 1. The monoisotopic (exact) mass is 299 g/mol. The summed E-state index contributed by atoms with van der Waals surface area (Å²) in [4.78, 5) is 13.9. The molecule has 1 unspecified atom stereocenters. The molecule has 0 spiro atoms. The molecule has 0 aromatic heterocycles. The molecule has 110 valence electrons. The Kier molecular flexibility index (Phi) is 5.34. The zero-order valence-electron chi connectivity index (χ0n) is 11.5. The highest BCUT2D eigenvalue weighted by atomic mass is 35.5. The molecular weight excluding hydrogens is 281 g/mol. The Balaban J connectivity index is 1.80. The van der Waals surface area contributed by atoms with Crippen LogP contribution in [0.3, 0.4) is 0 Å². The van der Waals surface area contributed by atoms with Crippen molar-refractivity contribution in [2.45, 2.75) is 18.9 Å². The van der Waals surface area contributed by atoms with E-state index >= 15 is 0 Å². The maximum Gasteiger partial charge on any atom is 0.238 e. The quantitative estimate of drug-likeness (QED) is 0.875. The van der Waals surface area contributed by atoms with E-state index in [2.05, 4.69) is 10.6 Å². The summed E-state index contributed by atoms with van der Waals surface area (Å²) in [5.74, 6) is -0.623. The lowest BCUT2D eigenvalue weighted by molar-refractivity contribution is -0.117. The van der Waals surface area contributed by atoms with Crippen LogP contribution in [-0.2, 0) is 4.79 Å². The van der Waals surface area contributed by atoms with Gasteiger partial charge in [-0.2, -0.15) is 0 Å². The van der Waals surface area contributed by atoms with Gasteiger partial charge in [-0.05, 0) is 44.6 Å². The van der Waals surface area contributed by atoms with Crippen LogP contribution in [0.4, 0.5) is 10.1 Å². The van der Waals surface area contributed by atoms with Crippen LogP contribution in [0.15, 0.2) is 18.2 Å². The van der Waals surface area contributed by atoms with E-state index in [-0.39, 0.29) is 10.9 Å². The highest BCUT2D eigenvalue weighted by Gasteiger charge is 2.17. The first kappa shape index (κ1) is 15.2. The standard InChI is InChI=1S/C14H19ClFN3O/c1-19(8-11-3-2-6-17-11)9-14(20)18-10-4-5-13(16)12(15)7-10/h4-5,7,11,17H,2-3,6,8-9H2,1H3,(H,18,20). The summed E-state index contributed by atoms with van der Waals surface area (Å²) in [6.45, 7) is 2.20. The third-order valence-corrected chi connectivity index (χ3v) is 3.60. The van der Waals surface area contributed by atoms with Crippen molar-refractivity contribution in [2.75, 3.05) is 32.0 Å². The molecule has 0 saturated carbocycles. The van der Waals surface area contributed by atoms with E-state index in [1.165, 1.54) is 24.6 Å². The van der Waals surface area contributed by atoms with Crippen molar-refractivity contribution in [1.29, 1.82) is 0 Å². The average molecular weight is 300 g/mol. The zero-order chi connectivity index (χ0) is 14.5. The molecule has 1 fully saturated rings. The molecule has 20 heavy (non-hydrogen) atoms. The molecule has 1 atom stereocenters. The van der Waals surface area contributed by atoms with E-state index in [0.717, 1.165) is 19.5 Å². The van der Waals surface area contributed by atoms with Crippen LogP contribution in [0.2, 0.25) is 5.02 Å². The number of hydrogen-bond acceptors (Lipinski definition) is 3. The molecule has 1 saturated heterocycles. The molecule has 2 rings (SSSR count). The number of anilines is 1. The first-order valence-electron chi connectivity index (χ1n) is 6.71. The molecule has 1 amide bonds. The minimum atomic E-state index is -0.492. The minimum absolute atomic E-state index is 0.00584. The van der Waals surface area contributed by atoms with Crippen LogP contribution in [-0.4, -0.2) is 43.5 Å². The van der Waals surface area contributed by atoms with Crippen LogP contribution in [0, 0.1) is 5.82 Å². The second-order valence-corrected chi connectivity index (χ2v) is 5.57. The maximum atomic E-state index is 13.0. The van der Waals surface area contributed by atoms with Gasteiger partial charge >= 0.3 is 0 Å². The van der Waals surface area contributed by atoms with Gasteiger partial charge in [-0.25, -0.2) is 4.39 Å². The summed E-state index contributed by atoms with van der Waals surface area (Å²) in [5, 5.41) is 6.11. The average Bonchev–Trinajstić information content (AvgIpc) is 2.86. The van der Waals surface area contributed by atoms with Gasteiger partial charge in [0.1, 0.15) is 5.82 Å². The number of benzene rings is 1. The molecule has 1 heterocycles. The molecule has 1 aromatic rings. The van der Waals surface area contributed by atoms with Crippen LogP contribution in [0.1, 0.15) is 12.8 Å². The normalized spacial score (nSPS) is 18.5. The minimum Gasteiger partial charge on any atom is -0.325 e. The van der Waals surface area contributed by atoms with Crippen LogP contribution in [0.25, 0.3) is 0 Å². The molecule has 0 bridgehead atoms. The summed E-state index contributed by atoms with van der Waals surface area (Å²) >= 11 is 5.67. The molecule has 4 nitrogen and oxygen atoms in total. The van der Waals surface area contributed by atoms with Crippen LogP contribution in [0.5, 0.6) is 0 Å². The molecule has 1 aromatic carbocycles. The van der Waals surface area contributed by atoms with Gasteiger partial charge in [0.25, 0.3) is 0 Å². The third-order valence-electron chi connectivity index (χ3n) is 3.31. The second kappa shape index (κ2) is 7.02. The summed E-state index contributed by atoms with van der Waals surface area (Å²) < 4.78 is 13.0. The zero-order valence-corrected chi connectivity index (χ0v) is 12.2. The molecule has 0 radical (unpaired) electrons. The second-order valence-electron chi connectivity index (χ2n) is 5.17. The highest BCUT2D eigenvalue weighted by molar-refractivity contribution is 6.31. The van der Waals surface area contributed by atoms with E-state index < -0.39 is 5.82 Å². The number of carbonyl (C=O) groups excluding carboxylic acids is 1. The van der Waals surface area contributed by atoms with E-state index in [1.54, 1.807) is 0 Å². The van der Waals surface area contributed by atoms with Gasteiger partial charge in [-0.15, -0.1) is 0 Å². The Labute approximate surface area is 123 Å². The van der Waals surface area contributed by atoms with Crippen LogP contribution >= 0.6 is 11.6 Å². The first-order chi connectivity index (χ1) is 9.54. The Morgan fingerprint density at radius 2 is 2.40 bits per heavy atom. The molecule has 1 aliphatic rings. The summed E-state index contributed by atoms with van der Waals surface area (Å²) in [6, 6.07) is 4.61. The topological polar surface area (TPSA) is 44.4 Å². The van der Waals surface area contributed by atoms with E-state index in [0.29, 0.717) is 18.3 Å². The Bertz CT molecular complexity index is 477. The summed E-state index contributed by atoms with van der Waals surface area (Å²) in [6.07, 6.45) is 2.35. The number of halogens is 2. The maximum absolute atomic E-state index is 13.0. The number of rotatable bonds is 5. The third kappa shape index (κ3) is 4.44. The van der Waals surface area contributed by atoms with Gasteiger partial charge in [-0.1, -0.05) is 11.6 Å². The van der Waals surface area contributed by atoms with E-state index in [4.69, 9.17) is 11.6 Å². The fraction of sp³-hybridized carbons (Fsp3) is 0.500. The van der Waals surface area contributed by atoms with Crippen molar-refractivity contribution in [2.24, 2.45) is 0 Å². The molecule has 0 aliphatic carbocycles. The summed E-state index contributed by atoms with van der Waals surface area (Å²) in [5.41, 5.74) is 0.508. The lowest BCUT2D eigenvalue weighted by atomic mass is 10.2. The molecule has 1 aliphatic heterocycles. The van der Waals surface area contributed by atoms with Gasteiger partial charge < -0.3 is 10.6 Å². The van der Waals surface area contributed by atoms with Gasteiger partial charge in [0.05, 0.1) is 11.6 Å². The van der Waals surface area contributed by atoms with Crippen molar-refractivity contribution in [3.8, 4) is 0 Å². The van der Waals surface area contributed by atoms with Crippen molar-refractivity contribution in [1.82, 2.24) is 10.2 Å². The molecular formula is C14H19ClFN3O. The number of likely N-dealkylation sites (N-methyl/N-ethyl adjacent to an activating group) is 1. The van der Waals surface area contributed by atoms with Crippen molar-refractivity contribution in [3.63, 3.8) is 0 Å². The lowest BCUT2D eigenvalue weighted by Gasteiger charge is -2.20. The fourth-order valence-electron chi connectivity index (χ4n) is 2.37. The van der Waals surface area contributed by atoms with E-state index in [1.807, 2.05) is 11.9 Å². The van der Waals surface area contributed by atoms with E-state index in [9.17, 15) is 9.18 Å². The Morgan fingerprint density at radius 3 is 3.05 bits per heavy atom. The van der Waals surface area contributed by atoms with Crippen LogP contribution < -0.4 is 10.6 Å². The smallest absolute Gasteiger partial charge is 0.238 e. The van der Waals surface area contributed by atoms with Gasteiger partial charge in [0, 0.05) is 18.3 Å². The largest absolute Gasteiger partial charge is 0.325 e.